The van der Waals surface area contributed by atoms with E-state index >= 15 is 0 Å². The summed E-state index contributed by atoms with van der Waals surface area (Å²) in [5, 5.41) is 12.5. The highest BCUT2D eigenvalue weighted by Gasteiger charge is 2.23. The van der Waals surface area contributed by atoms with E-state index in [9.17, 15) is 0 Å². The van der Waals surface area contributed by atoms with Crippen LogP contribution in [0.4, 0.5) is 0 Å². The van der Waals surface area contributed by atoms with Gasteiger partial charge < -0.3 is 9.88 Å². The lowest BCUT2D eigenvalue weighted by atomic mass is 10.2. The molecule has 1 aliphatic rings. The van der Waals surface area contributed by atoms with Crippen molar-refractivity contribution in [3.63, 3.8) is 0 Å². The van der Waals surface area contributed by atoms with Crippen molar-refractivity contribution in [3.05, 3.63) is 10.6 Å². The summed E-state index contributed by atoms with van der Waals surface area (Å²) in [6.07, 6.45) is 0. The number of aromatic nitrogens is 5. The average Bonchev–Trinajstić information content (AvgIpc) is 2.84. The van der Waals surface area contributed by atoms with Gasteiger partial charge in [-0.25, -0.2) is 4.98 Å². The summed E-state index contributed by atoms with van der Waals surface area (Å²) in [7, 11) is 0. The second-order valence-corrected chi connectivity index (χ2v) is 5.04. The van der Waals surface area contributed by atoms with Gasteiger partial charge in [0.1, 0.15) is 5.82 Å². The Hall–Kier alpha value is -0.860. The number of halogens is 1. The third kappa shape index (κ3) is 1.57. The third-order valence-electron chi connectivity index (χ3n) is 2.55. The maximum absolute atomic E-state index is 4.27. The highest BCUT2D eigenvalue weighted by atomic mass is 79.9. The lowest BCUT2D eigenvalue weighted by molar-refractivity contribution is 0.439. The van der Waals surface area contributed by atoms with E-state index in [1.165, 1.54) is 11.5 Å². The summed E-state index contributed by atoms with van der Waals surface area (Å²) in [6, 6.07) is 0.242. The van der Waals surface area contributed by atoms with Crippen LogP contribution in [0.25, 0.3) is 10.8 Å². The summed E-state index contributed by atoms with van der Waals surface area (Å²) >= 11 is 4.57. The van der Waals surface area contributed by atoms with E-state index in [1.54, 1.807) is 0 Å². The molecule has 3 rings (SSSR count). The molecule has 0 bridgehead atoms. The molecule has 0 saturated heterocycles. The summed E-state index contributed by atoms with van der Waals surface area (Å²) in [5.41, 5.74) is 0. The van der Waals surface area contributed by atoms with Gasteiger partial charge in [0.2, 0.25) is 4.73 Å². The van der Waals surface area contributed by atoms with Crippen molar-refractivity contribution >= 4 is 27.5 Å². The van der Waals surface area contributed by atoms with Crippen molar-refractivity contribution in [2.75, 3.05) is 6.54 Å². The third-order valence-corrected chi connectivity index (χ3v) is 3.85. The first-order chi connectivity index (χ1) is 7.75. The van der Waals surface area contributed by atoms with Gasteiger partial charge in [0.05, 0.1) is 6.04 Å². The van der Waals surface area contributed by atoms with Crippen LogP contribution in [0.5, 0.6) is 0 Å². The van der Waals surface area contributed by atoms with Crippen molar-refractivity contribution in [1.29, 1.82) is 0 Å². The second-order valence-electron chi connectivity index (χ2n) is 3.58. The van der Waals surface area contributed by atoms with Gasteiger partial charge in [0.25, 0.3) is 0 Å². The molecule has 0 fully saturated rings. The summed E-state index contributed by atoms with van der Waals surface area (Å²) < 4.78 is 6.80. The quantitative estimate of drug-likeness (QED) is 0.858. The zero-order valence-corrected chi connectivity index (χ0v) is 10.9. The maximum atomic E-state index is 4.27. The highest BCUT2D eigenvalue weighted by Crippen LogP contribution is 2.25. The molecule has 1 unspecified atom stereocenters. The Morgan fingerprint density at radius 1 is 1.50 bits per heavy atom. The van der Waals surface area contributed by atoms with Crippen molar-refractivity contribution < 1.29 is 0 Å². The molecular weight excluding hydrogens is 292 g/mol. The van der Waals surface area contributed by atoms with E-state index in [2.05, 4.69) is 52.3 Å². The van der Waals surface area contributed by atoms with Gasteiger partial charge in [-0.05, 0) is 34.4 Å². The standard InChI is InChI=1S/C8H9BrN6S/c1-4-5-12-13-6(15(5)3-2-10-4)7-11-8(9)14-16-7/h4,10H,2-3H2,1H3. The van der Waals surface area contributed by atoms with Gasteiger partial charge in [0, 0.05) is 13.1 Å². The van der Waals surface area contributed by atoms with E-state index < -0.39 is 0 Å². The Bertz CT molecular complexity index is 520. The SMILES string of the molecule is CC1NCCn2c(-c3nc(Br)ns3)nnc21. The molecule has 2 aromatic heterocycles. The topological polar surface area (TPSA) is 68.5 Å². The lowest BCUT2D eigenvalue weighted by Gasteiger charge is -2.21. The van der Waals surface area contributed by atoms with Crippen LogP contribution in [0.15, 0.2) is 4.73 Å². The van der Waals surface area contributed by atoms with Crippen molar-refractivity contribution in [1.82, 2.24) is 29.4 Å². The minimum absolute atomic E-state index is 0.242. The summed E-state index contributed by atoms with van der Waals surface area (Å²) in [6.45, 7) is 3.89. The fraction of sp³-hybridized carbons (Fsp3) is 0.500. The van der Waals surface area contributed by atoms with Crippen LogP contribution in [0.1, 0.15) is 18.8 Å². The molecule has 84 valence electrons. The van der Waals surface area contributed by atoms with E-state index in [0.29, 0.717) is 4.73 Å². The zero-order valence-electron chi connectivity index (χ0n) is 8.51. The van der Waals surface area contributed by atoms with Crippen LogP contribution in [-0.4, -0.2) is 30.7 Å². The minimum atomic E-state index is 0.242. The number of nitrogens with one attached hydrogen (secondary N) is 1. The minimum Gasteiger partial charge on any atom is -0.306 e. The van der Waals surface area contributed by atoms with Crippen molar-refractivity contribution in [2.45, 2.75) is 19.5 Å². The van der Waals surface area contributed by atoms with Crippen LogP contribution >= 0.6 is 27.5 Å². The van der Waals surface area contributed by atoms with Gasteiger partial charge in [-0.2, -0.15) is 4.37 Å². The van der Waals surface area contributed by atoms with E-state index in [-0.39, 0.29) is 6.04 Å². The molecule has 0 radical (unpaired) electrons. The first-order valence-electron chi connectivity index (χ1n) is 4.92. The summed E-state index contributed by atoms with van der Waals surface area (Å²) in [4.78, 5) is 4.27. The fourth-order valence-corrected chi connectivity index (χ4v) is 2.87. The van der Waals surface area contributed by atoms with Gasteiger partial charge in [-0.1, -0.05) is 0 Å². The van der Waals surface area contributed by atoms with Crippen molar-refractivity contribution in [3.8, 4) is 10.8 Å². The van der Waals surface area contributed by atoms with Crippen LogP contribution in [0.2, 0.25) is 0 Å². The van der Waals surface area contributed by atoms with E-state index in [1.807, 2.05) is 0 Å². The molecule has 1 N–H and O–H groups in total. The summed E-state index contributed by atoms with van der Waals surface area (Å²) in [5.74, 6) is 1.78. The predicted molar refractivity (Wildman–Crippen MR) is 63.0 cm³/mol. The normalized spacial score (nSPS) is 19.8. The molecular formula is C8H9BrN6S. The molecule has 0 saturated carbocycles. The number of nitrogens with zero attached hydrogens (tertiary/aromatic N) is 5. The first kappa shape index (κ1) is 10.3. The van der Waals surface area contributed by atoms with Gasteiger partial charge in [-0.15, -0.1) is 10.2 Å². The monoisotopic (exact) mass is 300 g/mol. The van der Waals surface area contributed by atoms with E-state index in [0.717, 1.165) is 29.7 Å². The van der Waals surface area contributed by atoms with Crippen LogP contribution in [0, 0.1) is 0 Å². The molecule has 0 amide bonds. The van der Waals surface area contributed by atoms with Gasteiger partial charge >= 0.3 is 0 Å². The second kappa shape index (κ2) is 3.86. The smallest absolute Gasteiger partial charge is 0.209 e. The van der Waals surface area contributed by atoms with Gasteiger partial charge in [0.15, 0.2) is 10.8 Å². The Morgan fingerprint density at radius 2 is 2.38 bits per heavy atom. The molecule has 0 aliphatic carbocycles. The largest absolute Gasteiger partial charge is 0.306 e. The van der Waals surface area contributed by atoms with Crippen LogP contribution < -0.4 is 5.32 Å². The molecule has 2 aromatic rings. The molecule has 1 aliphatic heterocycles. The Kier molecular flexibility index (Phi) is 2.49. The van der Waals surface area contributed by atoms with E-state index in [4.69, 9.17) is 0 Å². The van der Waals surface area contributed by atoms with Crippen molar-refractivity contribution in [2.24, 2.45) is 0 Å². The Morgan fingerprint density at radius 3 is 3.12 bits per heavy atom. The maximum Gasteiger partial charge on any atom is 0.209 e. The number of fused-ring (bicyclic) bond motifs is 1. The van der Waals surface area contributed by atoms with Crippen LogP contribution in [0.3, 0.4) is 0 Å². The highest BCUT2D eigenvalue weighted by molar-refractivity contribution is 9.10. The molecule has 0 spiro atoms. The lowest BCUT2D eigenvalue weighted by Crippen LogP contribution is -2.32. The molecule has 3 heterocycles. The first-order valence-corrected chi connectivity index (χ1v) is 6.48. The van der Waals surface area contributed by atoms with Gasteiger partial charge in [-0.3, -0.25) is 0 Å². The number of rotatable bonds is 1. The molecule has 0 aromatic carbocycles. The Labute approximate surface area is 104 Å². The number of hydrogen-bond acceptors (Lipinski definition) is 6. The fourth-order valence-electron chi connectivity index (χ4n) is 1.79. The number of hydrogen-bond donors (Lipinski definition) is 1. The predicted octanol–water partition coefficient (Wildman–Crippen LogP) is 1.22. The molecule has 6 nitrogen and oxygen atoms in total. The molecule has 8 heteroatoms. The molecule has 16 heavy (non-hydrogen) atoms. The molecule has 1 atom stereocenters. The van der Waals surface area contributed by atoms with Crippen LogP contribution in [-0.2, 0) is 6.54 Å². The average molecular weight is 301 g/mol. The zero-order chi connectivity index (χ0) is 11.1. The Balaban J connectivity index is 2.09.